The van der Waals surface area contributed by atoms with E-state index in [-0.39, 0.29) is 11.6 Å². The first-order chi connectivity index (χ1) is 11.1. The predicted octanol–water partition coefficient (Wildman–Crippen LogP) is 3.01. The number of aliphatic imine (C=N–C) groups is 1. The molecule has 122 valence electrons. The van der Waals surface area contributed by atoms with E-state index in [9.17, 15) is 4.39 Å². The van der Waals surface area contributed by atoms with Crippen LogP contribution < -0.4 is 15.4 Å². The minimum Gasteiger partial charge on any atom is -0.494 e. The lowest BCUT2D eigenvalue weighted by atomic mass is 10.1. The minimum absolute atomic E-state index is 0.246. The number of benzene rings is 2. The van der Waals surface area contributed by atoms with Gasteiger partial charge < -0.3 is 15.4 Å². The number of guanidine groups is 1. The van der Waals surface area contributed by atoms with Crippen molar-refractivity contribution in [1.82, 2.24) is 10.6 Å². The van der Waals surface area contributed by atoms with Gasteiger partial charge in [-0.3, -0.25) is 4.99 Å². The summed E-state index contributed by atoms with van der Waals surface area (Å²) in [4.78, 5) is 4.18. The fourth-order valence-corrected chi connectivity index (χ4v) is 2.21. The number of nitrogens with one attached hydrogen (secondary N) is 2. The zero-order chi connectivity index (χ0) is 16.7. The van der Waals surface area contributed by atoms with Crippen molar-refractivity contribution in [3.05, 3.63) is 65.0 Å². The fourth-order valence-electron chi connectivity index (χ4n) is 2.21. The largest absolute Gasteiger partial charge is 0.494 e. The average molecular weight is 315 g/mol. The summed E-state index contributed by atoms with van der Waals surface area (Å²) >= 11 is 0. The Morgan fingerprint density at radius 1 is 1.13 bits per heavy atom. The molecule has 0 bridgehead atoms. The highest BCUT2D eigenvalue weighted by atomic mass is 19.1. The summed E-state index contributed by atoms with van der Waals surface area (Å²) in [6.07, 6.45) is 0. The van der Waals surface area contributed by atoms with Gasteiger partial charge in [-0.1, -0.05) is 30.3 Å². The molecule has 0 aliphatic carbocycles. The third kappa shape index (κ3) is 4.71. The molecular weight excluding hydrogens is 293 g/mol. The molecule has 0 spiro atoms. The second-order valence-electron chi connectivity index (χ2n) is 5.17. The molecule has 23 heavy (non-hydrogen) atoms. The van der Waals surface area contributed by atoms with Crippen molar-refractivity contribution in [2.24, 2.45) is 4.99 Å². The first-order valence-electron chi connectivity index (χ1n) is 7.45. The van der Waals surface area contributed by atoms with Gasteiger partial charge in [0, 0.05) is 20.1 Å². The van der Waals surface area contributed by atoms with Gasteiger partial charge in [0.05, 0.1) is 7.11 Å². The van der Waals surface area contributed by atoms with E-state index in [2.05, 4.69) is 34.7 Å². The maximum atomic E-state index is 13.7. The lowest BCUT2D eigenvalue weighted by molar-refractivity contribution is 0.386. The molecule has 4 nitrogen and oxygen atoms in total. The van der Waals surface area contributed by atoms with Crippen LogP contribution >= 0.6 is 0 Å². The third-order valence-electron chi connectivity index (χ3n) is 3.61. The van der Waals surface area contributed by atoms with Gasteiger partial charge in [-0.25, -0.2) is 4.39 Å². The fraction of sp³-hybridized carbons (Fsp3) is 0.278. The molecule has 5 heteroatoms. The molecule has 2 aromatic carbocycles. The Bertz CT molecular complexity index is 686. The molecule has 0 amide bonds. The third-order valence-corrected chi connectivity index (χ3v) is 3.61. The Balaban J connectivity index is 1.90. The first kappa shape index (κ1) is 16.8. The number of ether oxygens (including phenoxy) is 1. The quantitative estimate of drug-likeness (QED) is 0.658. The van der Waals surface area contributed by atoms with Gasteiger partial charge in [0.2, 0.25) is 0 Å². The summed E-state index contributed by atoms with van der Waals surface area (Å²) in [5.74, 6) is 0.551. The maximum absolute atomic E-state index is 13.7. The smallest absolute Gasteiger partial charge is 0.191 e. The standard InChI is InChI=1S/C18H22FN3O/c1-13-6-4-5-7-15(13)12-22-18(20-2)21-11-14-8-9-17(23-3)16(19)10-14/h4-10H,11-12H2,1-3H3,(H2,20,21,22). The zero-order valence-electron chi connectivity index (χ0n) is 13.7. The van der Waals surface area contributed by atoms with Crippen LogP contribution in [-0.4, -0.2) is 20.1 Å². The maximum Gasteiger partial charge on any atom is 0.191 e. The van der Waals surface area contributed by atoms with E-state index in [4.69, 9.17) is 4.74 Å². The lowest BCUT2D eigenvalue weighted by Crippen LogP contribution is -2.36. The van der Waals surface area contributed by atoms with Crippen LogP contribution in [-0.2, 0) is 13.1 Å². The van der Waals surface area contributed by atoms with E-state index in [0.717, 1.165) is 5.56 Å². The van der Waals surface area contributed by atoms with Crippen LogP contribution in [0.3, 0.4) is 0 Å². The summed E-state index contributed by atoms with van der Waals surface area (Å²) in [5, 5.41) is 6.43. The molecule has 0 aliphatic heterocycles. The molecule has 0 radical (unpaired) electrons. The van der Waals surface area contributed by atoms with Gasteiger partial charge in [-0.05, 0) is 35.7 Å². The molecule has 2 aromatic rings. The lowest BCUT2D eigenvalue weighted by Gasteiger charge is -2.13. The van der Waals surface area contributed by atoms with E-state index in [0.29, 0.717) is 19.0 Å². The van der Waals surface area contributed by atoms with Crippen LogP contribution in [0.1, 0.15) is 16.7 Å². The topological polar surface area (TPSA) is 45.7 Å². The van der Waals surface area contributed by atoms with Crippen LogP contribution in [0.5, 0.6) is 5.75 Å². The molecule has 0 aliphatic rings. The zero-order valence-corrected chi connectivity index (χ0v) is 13.7. The number of rotatable bonds is 5. The summed E-state index contributed by atoms with van der Waals surface area (Å²) in [6, 6.07) is 13.1. The molecule has 0 fully saturated rings. The summed E-state index contributed by atoms with van der Waals surface area (Å²) in [6.45, 7) is 3.24. The Labute approximate surface area is 136 Å². The molecule has 0 heterocycles. The van der Waals surface area contributed by atoms with Gasteiger partial charge in [0.15, 0.2) is 17.5 Å². The number of aryl methyl sites for hydroxylation is 1. The second kappa shape index (κ2) is 8.17. The van der Waals surface area contributed by atoms with E-state index in [1.54, 1.807) is 13.1 Å². The number of nitrogens with zero attached hydrogens (tertiary/aromatic N) is 1. The number of halogens is 1. The molecule has 2 N–H and O–H groups in total. The number of hydrogen-bond acceptors (Lipinski definition) is 2. The highest BCUT2D eigenvalue weighted by Gasteiger charge is 2.05. The molecule has 0 saturated heterocycles. The van der Waals surface area contributed by atoms with Gasteiger partial charge in [0.25, 0.3) is 0 Å². The van der Waals surface area contributed by atoms with E-state index in [1.807, 2.05) is 18.2 Å². The van der Waals surface area contributed by atoms with Crippen LogP contribution in [0.25, 0.3) is 0 Å². The van der Waals surface area contributed by atoms with Crippen molar-refractivity contribution in [3.8, 4) is 5.75 Å². The molecule has 0 atom stereocenters. The Kier molecular flexibility index (Phi) is 5.97. The first-order valence-corrected chi connectivity index (χ1v) is 7.45. The van der Waals surface area contributed by atoms with Gasteiger partial charge in [0.1, 0.15) is 0 Å². The van der Waals surface area contributed by atoms with Crippen LogP contribution in [0, 0.1) is 12.7 Å². The molecular formula is C18H22FN3O. The average Bonchev–Trinajstić information content (AvgIpc) is 2.56. The Morgan fingerprint density at radius 3 is 2.52 bits per heavy atom. The summed E-state index contributed by atoms with van der Waals surface area (Å²) in [7, 11) is 3.16. The van der Waals surface area contributed by atoms with Gasteiger partial charge >= 0.3 is 0 Å². The van der Waals surface area contributed by atoms with E-state index >= 15 is 0 Å². The van der Waals surface area contributed by atoms with Crippen LogP contribution in [0.4, 0.5) is 4.39 Å². The van der Waals surface area contributed by atoms with Gasteiger partial charge in [-0.15, -0.1) is 0 Å². The van der Waals surface area contributed by atoms with Crippen molar-refractivity contribution in [2.75, 3.05) is 14.2 Å². The normalized spacial score (nSPS) is 11.2. The Morgan fingerprint density at radius 2 is 1.87 bits per heavy atom. The van der Waals surface area contributed by atoms with Crippen molar-refractivity contribution >= 4 is 5.96 Å². The van der Waals surface area contributed by atoms with Crippen LogP contribution in [0.15, 0.2) is 47.5 Å². The second-order valence-corrected chi connectivity index (χ2v) is 5.17. The Hall–Kier alpha value is -2.56. The minimum atomic E-state index is -0.366. The summed E-state index contributed by atoms with van der Waals surface area (Å²) in [5.41, 5.74) is 3.26. The highest BCUT2D eigenvalue weighted by molar-refractivity contribution is 5.79. The molecule has 2 rings (SSSR count). The predicted molar refractivity (Wildman–Crippen MR) is 91.2 cm³/mol. The van der Waals surface area contributed by atoms with Crippen LogP contribution in [0.2, 0.25) is 0 Å². The van der Waals surface area contributed by atoms with Crippen molar-refractivity contribution in [1.29, 1.82) is 0 Å². The number of methoxy groups -OCH3 is 1. The SMILES string of the molecule is CN=C(NCc1ccc(OC)c(F)c1)NCc1ccccc1C. The van der Waals surface area contributed by atoms with Crippen molar-refractivity contribution in [2.45, 2.75) is 20.0 Å². The summed E-state index contributed by atoms with van der Waals surface area (Å²) < 4.78 is 18.6. The highest BCUT2D eigenvalue weighted by Crippen LogP contribution is 2.17. The van der Waals surface area contributed by atoms with Crippen molar-refractivity contribution in [3.63, 3.8) is 0 Å². The van der Waals surface area contributed by atoms with E-state index in [1.165, 1.54) is 24.3 Å². The molecule has 0 saturated carbocycles. The van der Waals surface area contributed by atoms with Crippen molar-refractivity contribution < 1.29 is 9.13 Å². The monoisotopic (exact) mass is 315 g/mol. The van der Waals surface area contributed by atoms with Gasteiger partial charge in [-0.2, -0.15) is 0 Å². The molecule has 0 unspecified atom stereocenters. The number of hydrogen-bond donors (Lipinski definition) is 2. The molecule has 0 aromatic heterocycles. The van der Waals surface area contributed by atoms with E-state index < -0.39 is 0 Å².